The van der Waals surface area contributed by atoms with Crippen molar-refractivity contribution in [3.8, 4) is 0 Å². The molecule has 8 fully saturated rings. The van der Waals surface area contributed by atoms with Crippen LogP contribution in [-0.4, -0.2) is 260 Å². The van der Waals surface area contributed by atoms with Crippen molar-refractivity contribution in [3.63, 3.8) is 0 Å². The number of hydrazone groups is 4. The minimum atomic E-state index is -4.33. The Hall–Kier alpha value is -10.7. The third-order valence-corrected chi connectivity index (χ3v) is 31.7. The second kappa shape index (κ2) is 42.9. The zero-order valence-corrected chi connectivity index (χ0v) is 79.6. The van der Waals surface area contributed by atoms with Crippen molar-refractivity contribution in [2.24, 2.45) is 44.1 Å². The lowest BCUT2D eigenvalue weighted by Gasteiger charge is -2.29. The van der Waals surface area contributed by atoms with E-state index in [0.717, 1.165) is 263 Å². The number of halogens is 9. The van der Waals surface area contributed by atoms with Crippen LogP contribution >= 0.6 is 47.0 Å². The minimum Gasteiger partial charge on any atom is -0.367 e. The topological polar surface area (TPSA) is 188 Å². The molecular weight excluding hydrogens is 1810 g/mol. The largest absolute Gasteiger partial charge is 0.418 e. The lowest BCUT2D eigenvalue weighted by Crippen LogP contribution is -2.36. The van der Waals surface area contributed by atoms with Crippen LogP contribution in [0, 0.1) is 41.1 Å². The Bertz CT molecular complexity index is 6070. The van der Waals surface area contributed by atoms with Crippen LogP contribution < -0.4 is 83.6 Å². The van der Waals surface area contributed by atoms with Gasteiger partial charge < -0.3 is 58.8 Å². The summed E-state index contributed by atoms with van der Waals surface area (Å²) >= 11 is 6.92. The molecule has 0 spiro atoms. The molecule has 0 amide bonds. The molecule has 135 heavy (non-hydrogen) atoms. The molecule has 8 atom stereocenters. The number of rotatable bonds is 20. The summed E-state index contributed by atoms with van der Waals surface area (Å²) in [6, 6.07) is 39.5. The molecule has 8 saturated heterocycles. The lowest BCUT2D eigenvalue weighted by atomic mass is 10.0. The molecule has 6 unspecified atom stereocenters. The van der Waals surface area contributed by atoms with Gasteiger partial charge >= 0.3 is 12.4 Å². The van der Waals surface area contributed by atoms with E-state index in [2.05, 4.69) is 123 Å². The molecule has 0 radical (unpaired) electrons. The van der Waals surface area contributed by atoms with Crippen molar-refractivity contribution in [1.82, 2.24) is 80.8 Å². The zero-order valence-electron chi connectivity index (χ0n) is 76.3. The van der Waals surface area contributed by atoms with E-state index in [-0.39, 0.29) is 29.6 Å². The first-order valence-corrected chi connectivity index (χ1v) is 50.1. The third-order valence-electron chi connectivity index (χ3n) is 27.2. The number of nitrogens with zero attached hydrogens (tertiary/aromatic N) is 20. The van der Waals surface area contributed by atoms with E-state index in [1.807, 2.05) is 120 Å². The molecule has 4 aromatic heterocycles. The predicted molar refractivity (Wildman–Crippen MR) is 530 cm³/mol. The first kappa shape index (κ1) is 96.0. The van der Waals surface area contributed by atoms with E-state index >= 15 is 0 Å². The Morgan fingerprint density at radius 1 is 0.356 bits per heavy atom. The number of hydrogen-bond acceptors (Lipinski definition) is 28. The predicted octanol–water partition coefficient (Wildman–Crippen LogP) is 9.25. The second-order valence-electron chi connectivity index (χ2n) is 36.0. The summed E-state index contributed by atoms with van der Waals surface area (Å²) in [5.41, 5.74) is 13.6. The number of fused-ring (bicyclic) bond motifs is 4. The van der Waals surface area contributed by atoms with Gasteiger partial charge in [-0.05, 0) is 216 Å². The normalized spacial score (nSPS) is 24.2. The van der Waals surface area contributed by atoms with Gasteiger partial charge in [0.25, 0.3) is 0 Å². The average molecular weight is 1930 g/mol. The molecule has 0 bridgehead atoms. The van der Waals surface area contributed by atoms with Gasteiger partial charge in [0, 0.05) is 217 Å². The Balaban J connectivity index is 0.000000125. The van der Waals surface area contributed by atoms with E-state index in [1.165, 1.54) is 55.4 Å². The van der Waals surface area contributed by atoms with Crippen molar-refractivity contribution < 1.29 is 39.5 Å². The van der Waals surface area contributed by atoms with Gasteiger partial charge in [0.15, 0.2) is 20.7 Å². The van der Waals surface area contributed by atoms with E-state index in [0.29, 0.717) is 41.7 Å². The van der Waals surface area contributed by atoms with E-state index in [4.69, 9.17) is 0 Å². The standard InChI is InChI=1S/2C25H29F3N6S.C24H28F2N6S.C24H29FN6S/c1-17-7-8-18(14-29-17)23-30-31-24(32(23)2)35-12-4-10-33-15-19-9-11-34(22(19)16-33)21-6-3-5-20(13-21)25(26,27)28;1-17-8-9-18(14-29-17)23-30-31-24(32(23)2)35-13-5-11-33-15-19-10-12-34(22(19)16-33)21-7-4-3-6-20(21)25(26,27)28;1-16-7-8-17(13-27-16)23-28-29-24(30(23)2)33-12-4-10-31-14-18-9-11-32(21(18)15-31)22-19(25)5-3-6-20(22)26;1-17-4-5-18(14-26-17)23-27-28-24(29(23)2)32-13-3-11-30-15-19-10-12-31(22(19)16-30)21-8-6-20(25)7-9-21/h3,5-8,13-14,19,22,30H,1,4,9-12,15-16H2,2H3;3-4,6-9,14,19,22,30H,1,5,10-13,15-16H2,2H3;3,5-8,13,18,21,28H,1,4,9-12,14-15H2,2H3;4-9,14,19,22,27H,1,3,10-13,15-16H2,2H3/t;;;19-,22+/m...0/s1. The maximum atomic E-state index is 14.3. The smallest absolute Gasteiger partial charge is 0.367 e. The molecule has 8 aromatic rings. The molecule has 714 valence electrons. The number of anilines is 4. The lowest BCUT2D eigenvalue weighted by molar-refractivity contribution is -0.138. The first-order valence-electron chi connectivity index (χ1n) is 46.1. The van der Waals surface area contributed by atoms with Gasteiger partial charge in [-0.2, -0.15) is 26.3 Å². The van der Waals surface area contributed by atoms with Crippen molar-refractivity contribution in [2.45, 2.75) is 87.9 Å². The molecule has 0 aliphatic carbocycles. The summed E-state index contributed by atoms with van der Waals surface area (Å²) < 4.78 is 122. The van der Waals surface area contributed by atoms with Crippen LogP contribution in [0.5, 0.6) is 0 Å². The van der Waals surface area contributed by atoms with Crippen LogP contribution in [0.4, 0.5) is 62.3 Å². The van der Waals surface area contributed by atoms with E-state index in [1.54, 1.807) is 96.0 Å². The van der Waals surface area contributed by atoms with Gasteiger partial charge in [-0.25, -0.2) is 13.2 Å². The first-order chi connectivity index (χ1) is 65.2. The van der Waals surface area contributed by atoms with Gasteiger partial charge in [0.2, 0.25) is 0 Å². The van der Waals surface area contributed by atoms with Crippen molar-refractivity contribution in [3.05, 3.63) is 235 Å². The fourth-order valence-corrected chi connectivity index (χ4v) is 23.8. The molecule has 16 heterocycles. The number of thioether (sulfide) groups is 4. The number of pyridine rings is 4. The van der Waals surface area contributed by atoms with Crippen LogP contribution in [0.3, 0.4) is 0 Å². The fraction of sp³-hybridized carbons (Fsp3) is 0.429. The summed E-state index contributed by atoms with van der Waals surface area (Å²) in [6.45, 7) is 30.4. The van der Waals surface area contributed by atoms with E-state index < -0.39 is 35.1 Å². The van der Waals surface area contributed by atoms with Crippen LogP contribution in [0.1, 0.15) is 62.5 Å². The summed E-state index contributed by atoms with van der Waals surface area (Å²) in [4.78, 5) is 43.7. The summed E-state index contributed by atoms with van der Waals surface area (Å²) in [7, 11) is 8.00. The highest BCUT2D eigenvalue weighted by atomic mass is 32.2. The molecule has 20 rings (SSSR count). The molecule has 4 aromatic carbocycles. The number of likely N-dealkylation sites (tertiary alicyclic amines) is 4. The number of nitrogens with one attached hydrogen (secondary N) is 4. The Morgan fingerprint density at radius 3 is 1.04 bits per heavy atom. The van der Waals surface area contributed by atoms with Gasteiger partial charge in [-0.15, -0.1) is 20.4 Å². The number of hydrogen-bond donors (Lipinski definition) is 4. The number of benzene rings is 4. The monoisotopic (exact) mass is 1930 g/mol. The highest BCUT2D eigenvalue weighted by molar-refractivity contribution is 8.14. The number of aromatic nitrogens is 4. The quantitative estimate of drug-likeness (QED) is 0.0417. The average Bonchev–Trinajstić information content (AvgIpc) is 1.63. The van der Waals surface area contributed by atoms with Crippen LogP contribution in [0.25, 0.3) is 49.6 Å². The Labute approximate surface area is 798 Å². The van der Waals surface area contributed by atoms with Gasteiger partial charge in [0.1, 0.15) is 46.4 Å². The van der Waals surface area contributed by atoms with Gasteiger partial charge in [-0.1, -0.05) is 97.6 Å². The number of amidine groups is 4. The molecule has 37 heteroatoms. The summed E-state index contributed by atoms with van der Waals surface area (Å²) in [5, 5.41) is 28.5. The van der Waals surface area contributed by atoms with Crippen molar-refractivity contribution >= 4 is 140 Å². The second-order valence-corrected chi connectivity index (χ2v) is 40.3. The molecular formula is C98H115F9N24S4. The molecule has 0 saturated carbocycles. The molecule has 12 aliphatic heterocycles. The van der Waals surface area contributed by atoms with Crippen LogP contribution in [-0.2, 0) is 12.4 Å². The zero-order chi connectivity index (χ0) is 94.2. The molecule has 24 nitrogen and oxygen atoms in total. The van der Waals surface area contributed by atoms with Crippen LogP contribution in [0.15, 0.2) is 185 Å². The number of alkyl halides is 6. The summed E-state index contributed by atoms with van der Waals surface area (Å²) in [6.07, 6.45) is 6.89. The van der Waals surface area contributed by atoms with Gasteiger partial charge in [-0.3, -0.25) is 41.6 Å². The van der Waals surface area contributed by atoms with Gasteiger partial charge in [0.05, 0.1) is 32.5 Å². The fourth-order valence-electron chi connectivity index (χ4n) is 20.4. The number of para-hydroxylation sites is 2. The maximum absolute atomic E-state index is 14.3. The SMILES string of the molecule is C=c1ccc(=C2NN=C(SCCCN3CC4CCN(c5c(F)cccc5F)C4C3)N2C)cn1.C=c1ccc(=C2NN=C(SCCCN3CC4CCN(c5cccc(C(F)(F)F)c5)C4C3)N2C)cn1.C=c1ccc(=C2NN=C(SCCCN3CC4CCN(c5ccccc5C(F)(F)F)C4C3)N2C)cn1.C=c1ccc(=C2NN=C(SCCCN3C[C@@H]4CCN(c5ccc(F)cc5)[C@@H]4C3)N2C)cn1. The summed E-state index contributed by atoms with van der Waals surface area (Å²) in [5.74, 6) is 8.55. The maximum Gasteiger partial charge on any atom is 0.418 e. The van der Waals surface area contributed by atoms with E-state index in [9.17, 15) is 39.5 Å². The highest BCUT2D eigenvalue weighted by Crippen LogP contribution is 2.45. The third kappa shape index (κ3) is 22.8. The molecule has 12 aliphatic rings. The minimum absolute atomic E-state index is 0.143. The highest BCUT2D eigenvalue weighted by Gasteiger charge is 2.48. The molecule has 4 N–H and O–H groups in total. The Kier molecular flexibility index (Phi) is 30.5. The van der Waals surface area contributed by atoms with Crippen LogP contribution in [0.2, 0.25) is 0 Å². The Morgan fingerprint density at radius 2 is 0.689 bits per heavy atom. The van der Waals surface area contributed by atoms with Crippen molar-refractivity contribution in [1.29, 1.82) is 0 Å². The van der Waals surface area contributed by atoms with Crippen molar-refractivity contribution in [2.75, 3.05) is 176 Å².